The molecule has 1 amide bonds. The minimum atomic E-state index is -3.80. The highest BCUT2D eigenvalue weighted by Crippen LogP contribution is 2.10. The van der Waals surface area contributed by atoms with Crippen molar-refractivity contribution in [3.8, 4) is 0 Å². The largest absolute Gasteiger partial charge is 0.330 e. The third-order valence-electron chi connectivity index (χ3n) is 2.22. The van der Waals surface area contributed by atoms with Gasteiger partial charge in [0.25, 0.3) is 15.9 Å². The van der Waals surface area contributed by atoms with E-state index in [4.69, 9.17) is 5.73 Å². The van der Waals surface area contributed by atoms with Crippen molar-refractivity contribution >= 4 is 15.9 Å². The number of hydrogen-bond donors (Lipinski definition) is 2. The number of benzene rings is 1. The fourth-order valence-corrected chi connectivity index (χ4v) is 2.32. The predicted octanol–water partition coefficient (Wildman–Crippen LogP) is 0.569. The van der Waals surface area contributed by atoms with Gasteiger partial charge in [-0.3, -0.25) is 4.79 Å². The van der Waals surface area contributed by atoms with Gasteiger partial charge in [0.15, 0.2) is 0 Å². The Hall–Kier alpha value is -1.66. The van der Waals surface area contributed by atoms with E-state index in [1.165, 1.54) is 18.2 Å². The van der Waals surface area contributed by atoms with Crippen molar-refractivity contribution in [1.82, 2.24) is 4.72 Å². The number of nitrogens with one attached hydrogen (secondary N) is 1. The van der Waals surface area contributed by atoms with Crippen molar-refractivity contribution in [3.63, 3.8) is 0 Å². The van der Waals surface area contributed by atoms with Crippen molar-refractivity contribution in [2.24, 2.45) is 5.73 Å². The average Bonchev–Trinajstić information content (AvgIpc) is 2.29. The summed E-state index contributed by atoms with van der Waals surface area (Å²) in [6.45, 7) is 2.14. The van der Waals surface area contributed by atoms with E-state index in [2.05, 4.69) is 0 Å². The lowest BCUT2D eigenvalue weighted by Gasteiger charge is -2.05. The lowest BCUT2D eigenvalue weighted by Crippen LogP contribution is -2.28. The molecule has 1 aromatic rings. The van der Waals surface area contributed by atoms with Crippen LogP contribution >= 0.6 is 0 Å². The second-order valence-corrected chi connectivity index (χ2v) is 5.33. The second kappa shape index (κ2) is 6.32. The van der Waals surface area contributed by atoms with Crippen LogP contribution in [-0.2, 0) is 21.2 Å². The fraction of sp³-hybridized carbons (Fsp3) is 0.250. The molecule has 0 aliphatic rings. The molecule has 0 atom stereocenters. The van der Waals surface area contributed by atoms with Crippen molar-refractivity contribution < 1.29 is 13.2 Å². The summed E-state index contributed by atoms with van der Waals surface area (Å²) < 4.78 is 25.5. The molecule has 0 fully saturated rings. The van der Waals surface area contributed by atoms with E-state index in [1.807, 2.05) is 4.72 Å². The first-order chi connectivity index (χ1) is 8.49. The van der Waals surface area contributed by atoms with Gasteiger partial charge in [-0.25, -0.2) is 13.1 Å². The molecule has 0 aliphatic heterocycles. The molecule has 1 rings (SSSR count). The van der Waals surface area contributed by atoms with Crippen LogP contribution in [0.4, 0.5) is 0 Å². The van der Waals surface area contributed by atoms with Crippen LogP contribution in [0, 0.1) is 0 Å². The maximum absolute atomic E-state index is 11.8. The maximum Gasteiger partial charge on any atom is 0.264 e. The molecule has 0 heterocycles. The molecule has 1 aromatic carbocycles. The van der Waals surface area contributed by atoms with E-state index in [1.54, 1.807) is 19.1 Å². The smallest absolute Gasteiger partial charge is 0.264 e. The Morgan fingerprint density at radius 1 is 1.33 bits per heavy atom. The van der Waals surface area contributed by atoms with E-state index in [0.29, 0.717) is 13.0 Å². The fourth-order valence-electron chi connectivity index (χ4n) is 1.38. The van der Waals surface area contributed by atoms with E-state index in [0.717, 1.165) is 11.6 Å². The number of allylic oxidation sites excluding steroid dienone is 1. The summed E-state index contributed by atoms with van der Waals surface area (Å²) in [7, 11) is -3.80. The van der Waals surface area contributed by atoms with E-state index < -0.39 is 15.9 Å². The summed E-state index contributed by atoms with van der Waals surface area (Å²) >= 11 is 0. The number of nitrogens with two attached hydrogens (primary N) is 1. The molecule has 18 heavy (non-hydrogen) atoms. The Morgan fingerprint density at radius 2 is 1.94 bits per heavy atom. The van der Waals surface area contributed by atoms with Gasteiger partial charge in [0.2, 0.25) is 0 Å². The number of rotatable bonds is 5. The number of carbonyl (C=O) groups is 1. The highest BCUT2D eigenvalue weighted by Gasteiger charge is 2.15. The number of hydrogen-bond acceptors (Lipinski definition) is 4. The summed E-state index contributed by atoms with van der Waals surface area (Å²) in [6.07, 6.45) is 3.31. The molecule has 0 saturated carbocycles. The van der Waals surface area contributed by atoms with Crippen LogP contribution in [-0.4, -0.2) is 20.9 Å². The maximum atomic E-state index is 11.8. The van der Waals surface area contributed by atoms with Gasteiger partial charge in [-0.1, -0.05) is 18.2 Å². The van der Waals surface area contributed by atoms with E-state index in [9.17, 15) is 13.2 Å². The number of amides is 1. The molecule has 0 spiro atoms. The van der Waals surface area contributed by atoms with Crippen LogP contribution in [0.15, 0.2) is 41.3 Å². The topological polar surface area (TPSA) is 89.3 Å². The summed E-state index contributed by atoms with van der Waals surface area (Å²) in [5, 5.41) is 0. The normalized spacial score (nSPS) is 11.7. The molecule has 5 nitrogen and oxygen atoms in total. The third kappa shape index (κ3) is 3.97. The molecule has 0 radical (unpaired) electrons. The highest BCUT2D eigenvalue weighted by atomic mass is 32.2. The molecule has 0 unspecified atom stereocenters. The van der Waals surface area contributed by atoms with Crippen molar-refractivity contribution in [3.05, 3.63) is 42.0 Å². The Bertz CT molecular complexity index is 533. The molecular formula is C12H16N2O3S. The van der Waals surface area contributed by atoms with Crippen molar-refractivity contribution in [2.45, 2.75) is 18.2 Å². The SMILES string of the molecule is C/C=C/C(=O)NS(=O)(=O)c1ccc(CCN)cc1. The highest BCUT2D eigenvalue weighted by molar-refractivity contribution is 7.90. The van der Waals surface area contributed by atoms with Crippen LogP contribution in [0.1, 0.15) is 12.5 Å². The predicted molar refractivity (Wildman–Crippen MR) is 69.3 cm³/mol. The van der Waals surface area contributed by atoms with Gasteiger partial charge in [0, 0.05) is 0 Å². The quantitative estimate of drug-likeness (QED) is 0.764. The van der Waals surface area contributed by atoms with E-state index in [-0.39, 0.29) is 4.90 Å². The molecule has 98 valence electrons. The Morgan fingerprint density at radius 3 is 2.44 bits per heavy atom. The first-order valence-corrected chi connectivity index (χ1v) is 6.96. The number of carbonyl (C=O) groups excluding carboxylic acids is 1. The summed E-state index contributed by atoms with van der Waals surface area (Å²) in [4.78, 5) is 11.3. The summed E-state index contributed by atoms with van der Waals surface area (Å²) in [5.74, 6) is -0.663. The molecule has 0 bridgehead atoms. The third-order valence-corrected chi connectivity index (χ3v) is 3.58. The van der Waals surface area contributed by atoms with Gasteiger partial charge in [-0.15, -0.1) is 0 Å². The molecule has 0 saturated heterocycles. The summed E-state index contributed by atoms with van der Waals surface area (Å²) in [5.41, 5.74) is 6.36. The molecular weight excluding hydrogens is 252 g/mol. The monoisotopic (exact) mass is 268 g/mol. The zero-order valence-corrected chi connectivity index (χ0v) is 10.9. The first kappa shape index (κ1) is 14.4. The van der Waals surface area contributed by atoms with Crippen LogP contribution in [0.2, 0.25) is 0 Å². The zero-order valence-electron chi connectivity index (χ0n) is 10.1. The average molecular weight is 268 g/mol. The molecule has 3 N–H and O–H groups in total. The lowest BCUT2D eigenvalue weighted by molar-refractivity contribution is -0.114. The van der Waals surface area contributed by atoms with E-state index >= 15 is 0 Å². The lowest BCUT2D eigenvalue weighted by atomic mass is 10.2. The second-order valence-electron chi connectivity index (χ2n) is 3.65. The van der Waals surface area contributed by atoms with Gasteiger partial charge in [-0.05, 0) is 43.7 Å². The van der Waals surface area contributed by atoms with Crippen molar-refractivity contribution in [1.29, 1.82) is 0 Å². The van der Waals surface area contributed by atoms with Gasteiger partial charge in [0.05, 0.1) is 4.90 Å². The minimum absolute atomic E-state index is 0.0566. The Labute approximate surface area is 107 Å². The van der Waals surface area contributed by atoms with Crippen LogP contribution in [0.25, 0.3) is 0 Å². The first-order valence-electron chi connectivity index (χ1n) is 5.48. The van der Waals surface area contributed by atoms with Gasteiger partial charge >= 0.3 is 0 Å². The Kier molecular flexibility index (Phi) is 5.06. The minimum Gasteiger partial charge on any atom is -0.330 e. The van der Waals surface area contributed by atoms with Crippen LogP contribution < -0.4 is 10.5 Å². The zero-order chi connectivity index (χ0) is 13.6. The molecule has 0 aromatic heterocycles. The molecule has 6 heteroatoms. The van der Waals surface area contributed by atoms with Crippen LogP contribution in [0.3, 0.4) is 0 Å². The Balaban J connectivity index is 2.88. The summed E-state index contributed by atoms with van der Waals surface area (Å²) in [6, 6.07) is 6.27. The van der Waals surface area contributed by atoms with Gasteiger partial charge < -0.3 is 5.73 Å². The standard InChI is InChI=1S/C12H16N2O3S/c1-2-3-12(15)14-18(16,17)11-6-4-10(5-7-11)8-9-13/h2-7H,8-9,13H2,1H3,(H,14,15)/b3-2+. The van der Waals surface area contributed by atoms with Gasteiger partial charge in [0.1, 0.15) is 0 Å². The molecule has 0 aliphatic carbocycles. The van der Waals surface area contributed by atoms with Gasteiger partial charge in [-0.2, -0.15) is 0 Å². The number of sulfonamides is 1. The van der Waals surface area contributed by atoms with Crippen molar-refractivity contribution in [2.75, 3.05) is 6.54 Å². The van der Waals surface area contributed by atoms with Crippen LogP contribution in [0.5, 0.6) is 0 Å².